The molecular formula is C21H33NO8S. The normalized spacial score (nSPS) is 22.0. The minimum atomic E-state index is -3.58. The van der Waals surface area contributed by atoms with Crippen LogP contribution < -0.4 is 10.1 Å². The van der Waals surface area contributed by atoms with Crippen LogP contribution in [0, 0.1) is 0 Å². The van der Waals surface area contributed by atoms with E-state index in [9.17, 15) is 13.2 Å². The van der Waals surface area contributed by atoms with Gasteiger partial charge >= 0.3 is 6.09 Å². The van der Waals surface area contributed by atoms with Crippen LogP contribution in [0.1, 0.15) is 52.6 Å². The number of nitrogens with one attached hydrogen (secondary N) is 1. The van der Waals surface area contributed by atoms with Crippen LogP contribution in [0.3, 0.4) is 0 Å². The van der Waals surface area contributed by atoms with Crippen molar-refractivity contribution in [3.8, 4) is 5.75 Å². The summed E-state index contributed by atoms with van der Waals surface area (Å²) < 4.78 is 50.3. The Morgan fingerprint density at radius 3 is 2.32 bits per heavy atom. The quantitative estimate of drug-likeness (QED) is 0.591. The lowest BCUT2D eigenvalue weighted by atomic mass is 9.96. The first-order valence-corrected chi connectivity index (χ1v) is 11.8. The molecule has 1 amide bonds. The van der Waals surface area contributed by atoms with Gasteiger partial charge in [-0.1, -0.05) is 12.1 Å². The average molecular weight is 460 g/mol. The maximum atomic E-state index is 12.6. The number of ether oxygens (including phenoxy) is 4. The largest absolute Gasteiger partial charge is 0.497 e. The first kappa shape index (κ1) is 25.4. The van der Waals surface area contributed by atoms with Crippen molar-refractivity contribution < 1.29 is 36.3 Å². The lowest BCUT2D eigenvalue weighted by Gasteiger charge is -2.29. The lowest BCUT2D eigenvalue weighted by Crippen LogP contribution is -2.43. The third kappa shape index (κ3) is 8.29. The molecule has 0 spiro atoms. The van der Waals surface area contributed by atoms with Gasteiger partial charge in [0.15, 0.2) is 5.79 Å². The molecule has 0 saturated carbocycles. The Balaban J connectivity index is 2.30. The van der Waals surface area contributed by atoms with Crippen molar-refractivity contribution in [2.75, 3.05) is 20.0 Å². The summed E-state index contributed by atoms with van der Waals surface area (Å²) in [4.78, 5) is 12.6. The maximum Gasteiger partial charge on any atom is 0.408 e. The van der Waals surface area contributed by atoms with Crippen molar-refractivity contribution in [1.82, 2.24) is 5.32 Å². The summed E-state index contributed by atoms with van der Waals surface area (Å²) in [6.07, 6.45) is -0.500. The fraction of sp³-hybridized carbons (Fsp3) is 0.667. The van der Waals surface area contributed by atoms with E-state index >= 15 is 0 Å². The second kappa shape index (κ2) is 9.72. The molecule has 0 unspecified atom stereocenters. The van der Waals surface area contributed by atoms with E-state index in [1.807, 2.05) is 12.1 Å². The molecular weight excluding hydrogens is 426 g/mol. The SMILES string of the molecule is COc1ccc([C@@H](NC(=O)OC(C)(C)C)[C@@H]2OC(C)(C)O[C@H]2CCOS(C)(=O)=O)cc1. The highest BCUT2D eigenvalue weighted by Crippen LogP contribution is 2.37. The van der Waals surface area contributed by atoms with E-state index in [0.717, 1.165) is 11.8 Å². The number of benzene rings is 1. The molecule has 1 aromatic rings. The lowest BCUT2D eigenvalue weighted by molar-refractivity contribution is -0.149. The second-order valence-corrected chi connectivity index (χ2v) is 10.5. The van der Waals surface area contributed by atoms with Crippen LogP contribution in [0.5, 0.6) is 5.75 Å². The van der Waals surface area contributed by atoms with E-state index < -0.39 is 45.8 Å². The molecule has 0 bridgehead atoms. The number of carbonyl (C=O) groups excluding carboxylic acids is 1. The Kier molecular flexibility index (Phi) is 7.96. The van der Waals surface area contributed by atoms with Crippen molar-refractivity contribution in [3.05, 3.63) is 29.8 Å². The summed E-state index contributed by atoms with van der Waals surface area (Å²) in [5.74, 6) is -0.261. The minimum Gasteiger partial charge on any atom is -0.497 e. The number of alkyl carbamates (subject to hydrolysis) is 1. The van der Waals surface area contributed by atoms with Gasteiger partial charge in [0.2, 0.25) is 0 Å². The number of hydrogen-bond acceptors (Lipinski definition) is 8. The number of carbonyl (C=O) groups is 1. The van der Waals surface area contributed by atoms with Gasteiger partial charge in [0.05, 0.1) is 32.1 Å². The van der Waals surface area contributed by atoms with Gasteiger partial charge < -0.3 is 24.3 Å². The molecule has 1 fully saturated rings. The van der Waals surface area contributed by atoms with Gasteiger partial charge in [-0.05, 0) is 52.3 Å². The minimum absolute atomic E-state index is 0.0682. The number of hydrogen-bond donors (Lipinski definition) is 1. The van der Waals surface area contributed by atoms with Crippen LogP contribution in [0.2, 0.25) is 0 Å². The van der Waals surface area contributed by atoms with Gasteiger partial charge in [-0.2, -0.15) is 8.42 Å². The van der Waals surface area contributed by atoms with Crippen molar-refractivity contribution >= 4 is 16.2 Å². The summed E-state index contributed by atoms with van der Waals surface area (Å²) in [6.45, 7) is 8.78. The van der Waals surface area contributed by atoms with Gasteiger partial charge in [-0.15, -0.1) is 0 Å². The van der Waals surface area contributed by atoms with Crippen LogP contribution in [-0.2, 0) is 28.5 Å². The molecule has 1 aromatic carbocycles. The average Bonchev–Trinajstić information content (AvgIpc) is 2.91. The zero-order chi connectivity index (χ0) is 23.4. The van der Waals surface area contributed by atoms with Crippen molar-refractivity contribution in [1.29, 1.82) is 0 Å². The van der Waals surface area contributed by atoms with Crippen molar-refractivity contribution in [2.24, 2.45) is 0 Å². The number of methoxy groups -OCH3 is 1. The molecule has 0 aliphatic carbocycles. The standard InChI is InChI=1S/C21H33NO8S/c1-20(2,3)30-19(23)22-17(14-8-10-15(26-6)11-9-14)18-16(28-21(4,5)29-18)12-13-27-31(7,24)25/h8-11,16-18H,12-13H2,1-7H3,(H,22,23)/t16-,17+,18+/m0/s1. The Labute approximate surface area is 184 Å². The first-order chi connectivity index (χ1) is 14.2. The van der Waals surface area contributed by atoms with Gasteiger partial charge in [0.25, 0.3) is 10.1 Å². The van der Waals surface area contributed by atoms with Gasteiger partial charge in [0, 0.05) is 6.42 Å². The molecule has 1 aliphatic rings. The molecule has 1 aliphatic heterocycles. The van der Waals surface area contributed by atoms with Crippen LogP contribution in [0.4, 0.5) is 4.79 Å². The van der Waals surface area contributed by atoms with Crippen LogP contribution in [-0.4, -0.2) is 58.1 Å². The smallest absolute Gasteiger partial charge is 0.408 e. The highest BCUT2D eigenvalue weighted by Gasteiger charge is 2.46. The zero-order valence-corrected chi connectivity index (χ0v) is 19.9. The third-order valence-electron chi connectivity index (χ3n) is 4.40. The molecule has 1 N–H and O–H groups in total. The molecule has 0 radical (unpaired) electrons. The summed E-state index contributed by atoms with van der Waals surface area (Å²) in [5.41, 5.74) is 0.0795. The highest BCUT2D eigenvalue weighted by atomic mass is 32.2. The highest BCUT2D eigenvalue weighted by molar-refractivity contribution is 7.85. The Morgan fingerprint density at radius 1 is 1.19 bits per heavy atom. The van der Waals surface area contributed by atoms with Crippen molar-refractivity contribution in [3.63, 3.8) is 0 Å². The molecule has 2 rings (SSSR count). The van der Waals surface area contributed by atoms with Crippen molar-refractivity contribution in [2.45, 2.75) is 70.7 Å². The number of rotatable bonds is 8. The van der Waals surface area contributed by atoms with Crippen LogP contribution >= 0.6 is 0 Å². The predicted molar refractivity (Wildman–Crippen MR) is 114 cm³/mol. The summed E-state index contributed by atoms with van der Waals surface area (Å²) in [5, 5.41) is 2.88. The van der Waals surface area contributed by atoms with E-state index in [1.165, 1.54) is 0 Å². The fourth-order valence-corrected chi connectivity index (χ4v) is 3.68. The molecule has 10 heteroatoms. The third-order valence-corrected chi connectivity index (χ3v) is 4.99. The zero-order valence-electron chi connectivity index (χ0n) is 19.1. The van der Waals surface area contributed by atoms with E-state index in [-0.39, 0.29) is 13.0 Å². The first-order valence-electron chi connectivity index (χ1n) is 10.0. The van der Waals surface area contributed by atoms with Crippen LogP contribution in [0.15, 0.2) is 24.3 Å². The molecule has 1 saturated heterocycles. The molecule has 1 heterocycles. The van der Waals surface area contributed by atoms with Crippen LogP contribution in [0.25, 0.3) is 0 Å². The molecule has 3 atom stereocenters. The monoisotopic (exact) mass is 459 g/mol. The molecule has 31 heavy (non-hydrogen) atoms. The van der Waals surface area contributed by atoms with E-state index in [0.29, 0.717) is 5.75 Å². The maximum absolute atomic E-state index is 12.6. The van der Waals surface area contributed by atoms with Gasteiger partial charge in [-0.25, -0.2) is 4.79 Å². The van der Waals surface area contributed by atoms with Gasteiger partial charge in [0.1, 0.15) is 17.5 Å². The molecule has 176 valence electrons. The molecule has 9 nitrogen and oxygen atoms in total. The fourth-order valence-electron chi connectivity index (χ4n) is 3.29. The topological polar surface area (TPSA) is 109 Å². The Bertz CT molecular complexity index is 845. The Hall–Kier alpha value is -1.88. The number of amides is 1. The predicted octanol–water partition coefficient (Wildman–Crippen LogP) is 3.15. The van der Waals surface area contributed by atoms with E-state index in [4.69, 9.17) is 23.1 Å². The molecule has 0 aromatic heterocycles. The summed E-state index contributed by atoms with van der Waals surface area (Å²) >= 11 is 0. The van der Waals surface area contributed by atoms with Gasteiger partial charge in [-0.3, -0.25) is 4.18 Å². The van der Waals surface area contributed by atoms with E-state index in [1.54, 1.807) is 53.9 Å². The Morgan fingerprint density at radius 2 is 1.81 bits per heavy atom. The van der Waals surface area contributed by atoms with E-state index in [2.05, 4.69) is 5.32 Å². The summed E-state index contributed by atoms with van der Waals surface area (Å²) in [6, 6.07) is 6.58. The summed E-state index contributed by atoms with van der Waals surface area (Å²) in [7, 11) is -2.01. The second-order valence-electron chi connectivity index (χ2n) is 8.85.